The zero-order chi connectivity index (χ0) is 22.2. The van der Waals surface area contributed by atoms with Crippen LogP contribution in [0.2, 0.25) is 0 Å². The Hall–Kier alpha value is -2.76. The zero-order valence-electron chi connectivity index (χ0n) is 16.4. The van der Waals surface area contributed by atoms with Crippen LogP contribution < -0.4 is 5.32 Å². The van der Waals surface area contributed by atoms with Gasteiger partial charge in [0.15, 0.2) is 0 Å². The normalized spacial score (nSPS) is 17.1. The van der Waals surface area contributed by atoms with Crippen molar-refractivity contribution in [2.75, 3.05) is 11.9 Å². The van der Waals surface area contributed by atoms with Crippen LogP contribution >= 0.6 is 11.3 Å². The van der Waals surface area contributed by atoms with Gasteiger partial charge >= 0.3 is 0 Å². The van der Waals surface area contributed by atoms with Crippen molar-refractivity contribution in [3.63, 3.8) is 0 Å². The van der Waals surface area contributed by atoms with E-state index in [2.05, 4.69) is 15.5 Å². The highest BCUT2D eigenvalue weighted by molar-refractivity contribution is 7.89. The number of aromatic nitrogens is 2. The lowest BCUT2D eigenvalue weighted by Crippen LogP contribution is -2.31. The van der Waals surface area contributed by atoms with E-state index in [0.29, 0.717) is 23.4 Å². The maximum absolute atomic E-state index is 13.7. The summed E-state index contributed by atoms with van der Waals surface area (Å²) in [5.74, 6) is -1.69. The van der Waals surface area contributed by atoms with Gasteiger partial charge in [-0.25, -0.2) is 17.2 Å². The number of hydrogen-bond donors (Lipinski definition) is 1. The lowest BCUT2D eigenvalue weighted by atomic mass is 10.2. The van der Waals surface area contributed by atoms with Crippen LogP contribution in [0.25, 0.3) is 0 Å². The highest BCUT2D eigenvalue weighted by atomic mass is 32.2. The first-order valence-electron chi connectivity index (χ1n) is 9.44. The highest BCUT2D eigenvalue weighted by Crippen LogP contribution is 2.38. The van der Waals surface area contributed by atoms with E-state index in [1.54, 1.807) is 6.92 Å². The van der Waals surface area contributed by atoms with Gasteiger partial charge in [0, 0.05) is 12.2 Å². The number of anilines is 1. The van der Waals surface area contributed by atoms with Gasteiger partial charge in [-0.05, 0) is 55.7 Å². The fraction of sp³-hybridized carbons (Fsp3) is 0.250. The number of carbonyl (C=O) groups excluding carboxylic acids is 1. The largest absolute Gasteiger partial charge is 0.320 e. The van der Waals surface area contributed by atoms with Crippen molar-refractivity contribution in [1.82, 2.24) is 14.5 Å². The van der Waals surface area contributed by atoms with E-state index in [0.717, 1.165) is 17.4 Å². The van der Waals surface area contributed by atoms with E-state index in [1.165, 1.54) is 40.7 Å². The number of carbonyl (C=O) groups is 1. The Kier molecular flexibility index (Phi) is 5.82. The molecule has 0 unspecified atom stereocenters. The third-order valence-corrected chi connectivity index (χ3v) is 8.02. The Bertz CT molecular complexity index is 1250. The van der Waals surface area contributed by atoms with Crippen LogP contribution in [0.5, 0.6) is 0 Å². The number of nitrogens with zero attached hydrogens (tertiary/aromatic N) is 3. The molecule has 11 heteroatoms. The van der Waals surface area contributed by atoms with Crippen LogP contribution in [-0.4, -0.2) is 35.4 Å². The van der Waals surface area contributed by atoms with E-state index in [4.69, 9.17) is 0 Å². The molecule has 1 aliphatic rings. The molecule has 0 radical (unpaired) electrons. The zero-order valence-corrected chi connectivity index (χ0v) is 18.0. The SMILES string of the molecule is Cc1ccc(F)cc1S(=O)(=O)N1CCC[C@H]1c1nnc(C(=O)Nc2cccc(F)c2)s1. The third-order valence-electron chi connectivity index (χ3n) is 4.94. The molecule has 162 valence electrons. The van der Waals surface area contributed by atoms with Crippen LogP contribution in [0.3, 0.4) is 0 Å². The van der Waals surface area contributed by atoms with Crippen molar-refractivity contribution in [1.29, 1.82) is 0 Å². The molecule has 1 saturated heterocycles. The molecule has 1 atom stereocenters. The Morgan fingerprint density at radius 2 is 1.94 bits per heavy atom. The molecule has 3 aromatic rings. The first kappa shape index (κ1) is 21.5. The van der Waals surface area contributed by atoms with Gasteiger partial charge in [-0.15, -0.1) is 10.2 Å². The predicted octanol–water partition coefficient (Wildman–Crippen LogP) is 3.90. The summed E-state index contributed by atoms with van der Waals surface area (Å²) in [6.45, 7) is 1.87. The highest BCUT2D eigenvalue weighted by Gasteiger charge is 2.39. The van der Waals surface area contributed by atoms with Crippen molar-refractivity contribution in [2.45, 2.75) is 30.7 Å². The third kappa shape index (κ3) is 4.34. The molecule has 2 heterocycles. The quantitative estimate of drug-likeness (QED) is 0.618. The summed E-state index contributed by atoms with van der Waals surface area (Å²) in [7, 11) is -3.96. The van der Waals surface area contributed by atoms with E-state index in [9.17, 15) is 22.0 Å². The lowest BCUT2D eigenvalue weighted by Gasteiger charge is -2.23. The molecule has 0 aliphatic carbocycles. The summed E-state index contributed by atoms with van der Waals surface area (Å²) < 4.78 is 54.7. The van der Waals surface area contributed by atoms with Gasteiger partial charge in [-0.1, -0.05) is 23.5 Å². The van der Waals surface area contributed by atoms with Crippen molar-refractivity contribution in [3.8, 4) is 0 Å². The summed E-state index contributed by atoms with van der Waals surface area (Å²) in [5, 5.41) is 10.9. The Morgan fingerprint density at radius 3 is 2.71 bits per heavy atom. The number of nitrogens with one attached hydrogen (secondary N) is 1. The molecule has 1 N–H and O–H groups in total. The standard InChI is InChI=1S/C20H18F2N4O3S2/c1-12-7-8-14(22)11-17(12)31(28,29)26-9-3-6-16(26)19-24-25-20(30-19)18(27)23-15-5-2-4-13(21)10-15/h2,4-5,7-8,10-11,16H,3,6,9H2,1H3,(H,23,27)/t16-/m0/s1. The molecule has 0 saturated carbocycles. The van der Waals surface area contributed by atoms with Crippen LogP contribution in [-0.2, 0) is 10.0 Å². The summed E-state index contributed by atoms with van der Waals surface area (Å²) >= 11 is 0.976. The van der Waals surface area contributed by atoms with Crippen LogP contribution in [0.1, 0.15) is 39.3 Å². The van der Waals surface area contributed by atoms with Crippen molar-refractivity contribution in [2.24, 2.45) is 0 Å². The molecule has 2 aromatic carbocycles. The molecule has 0 bridgehead atoms. The summed E-state index contributed by atoms with van der Waals surface area (Å²) in [5.41, 5.74) is 0.716. The number of rotatable bonds is 5. The Balaban J connectivity index is 1.58. The number of sulfonamides is 1. The molecule has 7 nitrogen and oxygen atoms in total. The molecule has 1 fully saturated rings. The molecular formula is C20H18F2N4O3S2. The van der Waals surface area contributed by atoms with Gasteiger partial charge in [0.25, 0.3) is 5.91 Å². The van der Waals surface area contributed by atoms with E-state index in [1.807, 2.05) is 0 Å². The number of hydrogen-bond acceptors (Lipinski definition) is 6. The maximum atomic E-state index is 13.7. The minimum Gasteiger partial charge on any atom is -0.320 e. The summed E-state index contributed by atoms with van der Waals surface area (Å²) in [6.07, 6.45) is 1.11. The second-order valence-electron chi connectivity index (χ2n) is 7.09. The monoisotopic (exact) mass is 464 g/mol. The van der Waals surface area contributed by atoms with E-state index < -0.39 is 33.6 Å². The molecule has 4 rings (SSSR count). The molecule has 1 aromatic heterocycles. The van der Waals surface area contributed by atoms with Crippen molar-refractivity contribution >= 4 is 33.0 Å². The molecule has 0 spiro atoms. The van der Waals surface area contributed by atoms with Gasteiger partial charge < -0.3 is 5.32 Å². The molecule has 31 heavy (non-hydrogen) atoms. The second kappa shape index (κ2) is 8.40. The Labute approximate surface area is 181 Å². The molecular weight excluding hydrogens is 446 g/mol. The molecule has 1 aliphatic heterocycles. The number of benzene rings is 2. The number of amides is 1. The van der Waals surface area contributed by atoms with Crippen LogP contribution in [0, 0.1) is 18.6 Å². The van der Waals surface area contributed by atoms with Gasteiger partial charge in [0.05, 0.1) is 10.9 Å². The topological polar surface area (TPSA) is 92.3 Å². The van der Waals surface area contributed by atoms with Gasteiger partial charge in [-0.2, -0.15) is 4.31 Å². The molecule has 1 amide bonds. The fourth-order valence-corrected chi connectivity index (χ4v) is 6.32. The average Bonchev–Trinajstić information content (AvgIpc) is 3.39. The smallest absolute Gasteiger partial charge is 0.286 e. The number of aryl methyl sites for hydroxylation is 1. The predicted molar refractivity (Wildman–Crippen MR) is 111 cm³/mol. The van der Waals surface area contributed by atoms with Gasteiger partial charge in [-0.3, -0.25) is 4.79 Å². The summed E-state index contributed by atoms with van der Waals surface area (Å²) in [4.78, 5) is 12.3. The van der Waals surface area contributed by atoms with Crippen LogP contribution in [0.4, 0.5) is 14.5 Å². The Morgan fingerprint density at radius 1 is 1.16 bits per heavy atom. The lowest BCUT2D eigenvalue weighted by molar-refractivity contribution is 0.102. The van der Waals surface area contributed by atoms with Crippen molar-refractivity contribution < 1.29 is 22.0 Å². The average molecular weight is 465 g/mol. The first-order chi connectivity index (χ1) is 14.8. The number of halogens is 2. The maximum Gasteiger partial charge on any atom is 0.286 e. The van der Waals surface area contributed by atoms with E-state index >= 15 is 0 Å². The summed E-state index contributed by atoms with van der Waals surface area (Å²) in [6, 6.07) is 8.48. The minimum atomic E-state index is -3.96. The fourth-order valence-electron chi connectivity index (χ4n) is 3.46. The van der Waals surface area contributed by atoms with Crippen molar-refractivity contribution in [3.05, 3.63) is 69.7 Å². The second-order valence-corrected chi connectivity index (χ2v) is 9.96. The minimum absolute atomic E-state index is 0.0328. The van der Waals surface area contributed by atoms with Crippen LogP contribution in [0.15, 0.2) is 47.4 Å². The van der Waals surface area contributed by atoms with Gasteiger partial charge in [0.2, 0.25) is 15.0 Å². The first-order valence-corrected chi connectivity index (χ1v) is 11.7. The van der Waals surface area contributed by atoms with E-state index in [-0.39, 0.29) is 22.1 Å². The van der Waals surface area contributed by atoms with Gasteiger partial charge in [0.1, 0.15) is 16.6 Å².